The SMILES string of the molecule is CCC1(NC(=O)c2sc3cnccc3c2N)CCC1. The number of nitrogens with one attached hydrogen (secondary N) is 1. The van der Waals surface area contributed by atoms with Gasteiger partial charge in [-0.25, -0.2) is 0 Å². The molecule has 1 fully saturated rings. The van der Waals surface area contributed by atoms with Crippen LogP contribution >= 0.6 is 11.3 Å². The number of hydrogen-bond acceptors (Lipinski definition) is 4. The van der Waals surface area contributed by atoms with Crippen LogP contribution in [0.3, 0.4) is 0 Å². The molecule has 0 spiro atoms. The number of thiophene rings is 1. The molecule has 0 aliphatic heterocycles. The minimum atomic E-state index is -0.0414. The van der Waals surface area contributed by atoms with E-state index in [1.165, 1.54) is 17.8 Å². The van der Waals surface area contributed by atoms with Crippen LogP contribution in [0, 0.1) is 0 Å². The van der Waals surface area contributed by atoms with Crippen LogP contribution in [-0.2, 0) is 0 Å². The number of nitrogens with zero attached hydrogens (tertiary/aromatic N) is 1. The molecule has 3 rings (SSSR count). The highest BCUT2D eigenvalue weighted by atomic mass is 32.1. The van der Waals surface area contributed by atoms with E-state index in [-0.39, 0.29) is 11.4 Å². The summed E-state index contributed by atoms with van der Waals surface area (Å²) < 4.78 is 0.962. The fourth-order valence-corrected chi connectivity index (χ4v) is 3.59. The Labute approximate surface area is 116 Å². The first-order valence-electron chi connectivity index (χ1n) is 6.60. The average molecular weight is 275 g/mol. The summed E-state index contributed by atoms with van der Waals surface area (Å²) in [6.07, 6.45) is 7.77. The van der Waals surface area contributed by atoms with Crippen molar-refractivity contribution in [2.45, 2.75) is 38.1 Å². The predicted molar refractivity (Wildman–Crippen MR) is 78.4 cm³/mol. The highest BCUT2D eigenvalue weighted by Crippen LogP contribution is 2.37. The number of hydrogen-bond donors (Lipinski definition) is 2. The molecule has 2 aromatic rings. The Morgan fingerprint density at radius 3 is 2.95 bits per heavy atom. The lowest BCUT2D eigenvalue weighted by molar-refractivity contribution is 0.0825. The van der Waals surface area contributed by atoms with Gasteiger partial charge in [0.1, 0.15) is 4.88 Å². The maximum absolute atomic E-state index is 12.4. The third kappa shape index (κ3) is 1.98. The van der Waals surface area contributed by atoms with E-state index < -0.39 is 0 Å². The molecular weight excluding hydrogens is 258 g/mol. The highest BCUT2D eigenvalue weighted by molar-refractivity contribution is 7.21. The van der Waals surface area contributed by atoms with Gasteiger partial charge in [0.05, 0.1) is 10.4 Å². The fraction of sp³-hybridized carbons (Fsp3) is 0.429. The molecule has 0 bridgehead atoms. The Hall–Kier alpha value is -1.62. The smallest absolute Gasteiger partial charge is 0.263 e. The number of amides is 1. The number of anilines is 1. The van der Waals surface area contributed by atoms with Crippen LogP contribution in [0.15, 0.2) is 18.5 Å². The average Bonchev–Trinajstić information content (AvgIpc) is 2.72. The molecule has 2 aromatic heterocycles. The molecule has 19 heavy (non-hydrogen) atoms. The van der Waals surface area contributed by atoms with Gasteiger partial charge >= 0.3 is 0 Å². The van der Waals surface area contributed by atoms with Gasteiger partial charge in [-0.3, -0.25) is 9.78 Å². The monoisotopic (exact) mass is 275 g/mol. The zero-order valence-corrected chi connectivity index (χ0v) is 11.7. The van der Waals surface area contributed by atoms with Gasteiger partial charge in [0, 0.05) is 23.3 Å². The van der Waals surface area contributed by atoms with Crippen LogP contribution in [0.25, 0.3) is 10.1 Å². The van der Waals surface area contributed by atoms with E-state index in [2.05, 4.69) is 17.2 Å². The second-order valence-electron chi connectivity index (χ2n) is 5.16. The number of nitrogens with two attached hydrogens (primary N) is 1. The van der Waals surface area contributed by atoms with Crippen molar-refractivity contribution in [3.05, 3.63) is 23.3 Å². The molecule has 1 aliphatic rings. The number of pyridine rings is 1. The van der Waals surface area contributed by atoms with Crippen LogP contribution in [0.2, 0.25) is 0 Å². The van der Waals surface area contributed by atoms with Gasteiger partial charge in [-0.1, -0.05) is 6.92 Å². The summed E-state index contributed by atoms with van der Waals surface area (Å²) in [6.45, 7) is 2.12. The molecule has 1 amide bonds. The lowest BCUT2D eigenvalue weighted by Gasteiger charge is -2.41. The van der Waals surface area contributed by atoms with Crippen molar-refractivity contribution in [2.24, 2.45) is 0 Å². The van der Waals surface area contributed by atoms with Gasteiger partial charge in [0.2, 0.25) is 0 Å². The Bertz CT molecular complexity index is 625. The van der Waals surface area contributed by atoms with Crippen molar-refractivity contribution in [1.29, 1.82) is 0 Å². The number of carbonyl (C=O) groups excluding carboxylic acids is 1. The van der Waals surface area contributed by atoms with Gasteiger partial charge in [-0.15, -0.1) is 11.3 Å². The Kier molecular flexibility index (Phi) is 2.93. The van der Waals surface area contributed by atoms with E-state index in [1.807, 2.05) is 6.07 Å². The molecule has 1 saturated carbocycles. The molecule has 1 aliphatic carbocycles. The molecule has 2 heterocycles. The number of carbonyl (C=O) groups is 1. The van der Waals surface area contributed by atoms with Crippen LogP contribution in [0.1, 0.15) is 42.3 Å². The van der Waals surface area contributed by atoms with E-state index >= 15 is 0 Å². The second kappa shape index (κ2) is 4.49. The van der Waals surface area contributed by atoms with Crippen molar-refractivity contribution in [2.75, 3.05) is 5.73 Å². The number of nitrogen functional groups attached to an aromatic ring is 1. The van der Waals surface area contributed by atoms with E-state index in [0.717, 1.165) is 29.3 Å². The summed E-state index contributed by atoms with van der Waals surface area (Å²) in [5.41, 5.74) is 6.65. The second-order valence-corrected chi connectivity index (χ2v) is 6.21. The van der Waals surface area contributed by atoms with Gasteiger partial charge in [-0.2, -0.15) is 0 Å². The summed E-state index contributed by atoms with van der Waals surface area (Å²) in [5, 5.41) is 4.09. The minimum Gasteiger partial charge on any atom is -0.397 e. The molecule has 100 valence electrons. The van der Waals surface area contributed by atoms with Crippen LogP contribution < -0.4 is 11.1 Å². The molecule has 0 aromatic carbocycles. The zero-order valence-electron chi connectivity index (χ0n) is 10.9. The maximum atomic E-state index is 12.4. The highest BCUT2D eigenvalue weighted by Gasteiger charge is 2.37. The molecule has 4 nitrogen and oxygen atoms in total. The predicted octanol–water partition coefficient (Wildman–Crippen LogP) is 2.94. The molecule has 0 saturated heterocycles. The first kappa shape index (κ1) is 12.4. The van der Waals surface area contributed by atoms with Crippen LogP contribution in [-0.4, -0.2) is 16.4 Å². The first-order valence-corrected chi connectivity index (χ1v) is 7.41. The topological polar surface area (TPSA) is 68.0 Å². The van der Waals surface area contributed by atoms with Crippen molar-refractivity contribution >= 4 is 33.0 Å². The third-order valence-corrected chi connectivity index (χ3v) is 5.26. The summed E-state index contributed by atoms with van der Waals surface area (Å²) in [6, 6.07) is 1.86. The molecule has 5 heteroatoms. The Morgan fingerprint density at radius 2 is 2.37 bits per heavy atom. The van der Waals surface area contributed by atoms with Crippen LogP contribution in [0.5, 0.6) is 0 Å². The van der Waals surface area contributed by atoms with E-state index in [9.17, 15) is 4.79 Å². The van der Waals surface area contributed by atoms with E-state index in [0.29, 0.717) is 10.6 Å². The molecule has 3 N–H and O–H groups in total. The number of fused-ring (bicyclic) bond motifs is 1. The van der Waals surface area contributed by atoms with Crippen molar-refractivity contribution in [1.82, 2.24) is 10.3 Å². The summed E-state index contributed by atoms with van der Waals surface area (Å²) >= 11 is 1.42. The maximum Gasteiger partial charge on any atom is 0.263 e. The summed E-state index contributed by atoms with van der Waals surface area (Å²) in [7, 11) is 0. The molecule has 0 unspecified atom stereocenters. The molecule has 0 atom stereocenters. The lowest BCUT2D eigenvalue weighted by atomic mass is 9.75. The van der Waals surface area contributed by atoms with Gasteiger partial charge in [0.25, 0.3) is 5.91 Å². The quantitative estimate of drug-likeness (QED) is 0.905. The number of rotatable bonds is 3. The normalized spacial score (nSPS) is 17.1. The third-order valence-electron chi connectivity index (χ3n) is 4.10. The largest absolute Gasteiger partial charge is 0.397 e. The Balaban J connectivity index is 1.91. The van der Waals surface area contributed by atoms with E-state index in [1.54, 1.807) is 12.4 Å². The van der Waals surface area contributed by atoms with Gasteiger partial charge in [-0.05, 0) is 31.7 Å². The van der Waals surface area contributed by atoms with Gasteiger partial charge in [0.15, 0.2) is 0 Å². The van der Waals surface area contributed by atoms with Crippen molar-refractivity contribution in [3.63, 3.8) is 0 Å². The van der Waals surface area contributed by atoms with Gasteiger partial charge < -0.3 is 11.1 Å². The Morgan fingerprint density at radius 1 is 1.58 bits per heavy atom. The minimum absolute atomic E-state index is 0.00204. The van der Waals surface area contributed by atoms with Crippen molar-refractivity contribution in [3.8, 4) is 0 Å². The van der Waals surface area contributed by atoms with E-state index in [4.69, 9.17) is 5.73 Å². The summed E-state index contributed by atoms with van der Waals surface area (Å²) in [4.78, 5) is 17.1. The van der Waals surface area contributed by atoms with Crippen molar-refractivity contribution < 1.29 is 4.79 Å². The number of aromatic nitrogens is 1. The fourth-order valence-electron chi connectivity index (χ4n) is 2.61. The standard InChI is InChI=1S/C14H17N3OS/c1-2-14(5-3-6-14)17-13(18)12-11(15)9-4-7-16-8-10(9)19-12/h4,7-8H,2-3,5-6,15H2,1H3,(H,17,18). The first-order chi connectivity index (χ1) is 9.15. The molecular formula is C14H17N3OS. The van der Waals surface area contributed by atoms with Crippen LogP contribution in [0.4, 0.5) is 5.69 Å². The summed E-state index contributed by atoms with van der Waals surface area (Å²) in [5.74, 6) is -0.0414. The zero-order chi connectivity index (χ0) is 13.5. The molecule has 0 radical (unpaired) electrons. The lowest BCUT2D eigenvalue weighted by Crippen LogP contribution is -2.52.